The molecule has 1 aliphatic rings. The molecular weight excluding hydrogens is 363 g/mol. The Labute approximate surface area is 152 Å². The number of ether oxygens (including phenoxy) is 1. The summed E-state index contributed by atoms with van der Waals surface area (Å²) >= 11 is 0. The summed E-state index contributed by atoms with van der Waals surface area (Å²) in [6.45, 7) is 0. The largest absolute Gasteiger partial charge is 0.573 e. The summed E-state index contributed by atoms with van der Waals surface area (Å²) in [6.07, 6.45) is -2.91. The van der Waals surface area contributed by atoms with Gasteiger partial charge in [0.25, 0.3) is 5.91 Å². The van der Waals surface area contributed by atoms with E-state index < -0.39 is 18.0 Å². The molecule has 0 aliphatic heterocycles. The number of amides is 3. The fourth-order valence-electron chi connectivity index (χ4n) is 2.29. The van der Waals surface area contributed by atoms with Gasteiger partial charge in [0.15, 0.2) is 0 Å². The third-order valence-electron chi connectivity index (χ3n) is 3.62. The molecule has 0 spiro atoms. The number of rotatable bonds is 5. The smallest absolute Gasteiger partial charge is 0.406 e. The molecule has 1 saturated carbocycles. The number of alkyl halides is 3. The van der Waals surface area contributed by atoms with Crippen LogP contribution in [0.15, 0.2) is 48.5 Å². The lowest BCUT2D eigenvalue weighted by Crippen LogP contribution is -2.30. The van der Waals surface area contributed by atoms with Crippen molar-refractivity contribution in [3.05, 3.63) is 54.1 Å². The molecule has 1 aliphatic carbocycles. The first-order valence-corrected chi connectivity index (χ1v) is 8.13. The van der Waals surface area contributed by atoms with Gasteiger partial charge in [-0.1, -0.05) is 12.1 Å². The third kappa shape index (κ3) is 5.91. The van der Waals surface area contributed by atoms with E-state index >= 15 is 0 Å². The maximum Gasteiger partial charge on any atom is 0.573 e. The number of urea groups is 1. The molecule has 0 radical (unpaired) electrons. The van der Waals surface area contributed by atoms with Crippen molar-refractivity contribution in [3.63, 3.8) is 0 Å². The first kappa shape index (κ1) is 18.6. The topological polar surface area (TPSA) is 79.5 Å². The van der Waals surface area contributed by atoms with Crippen LogP contribution in [0.4, 0.5) is 29.3 Å². The molecule has 2 aromatic carbocycles. The van der Waals surface area contributed by atoms with Gasteiger partial charge in [-0.2, -0.15) is 0 Å². The van der Waals surface area contributed by atoms with E-state index in [0.29, 0.717) is 5.69 Å². The van der Waals surface area contributed by atoms with E-state index in [2.05, 4.69) is 20.7 Å². The lowest BCUT2D eigenvalue weighted by molar-refractivity contribution is -0.274. The van der Waals surface area contributed by atoms with Crippen LogP contribution in [0, 0.1) is 0 Å². The molecule has 6 nitrogen and oxygen atoms in total. The van der Waals surface area contributed by atoms with Gasteiger partial charge in [-0.05, 0) is 43.2 Å². The Kier molecular flexibility index (Phi) is 5.20. The standard InChI is InChI=1S/C18H16F3N3O3/c19-18(20,21)27-15-6-2-5-14(10-15)22-16(25)11-3-1-4-13(9-11)24-17(26)23-12-7-8-12/h1-6,9-10,12H,7-8H2,(H,22,25)(H2,23,24,26). The first-order chi connectivity index (χ1) is 12.8. The van der Waals surface area contributed by atoms with Crippen LogP contribution in [0.2, 0.25) is 0 Å². The average Bonchev–Trinajstić information content (AvgIpc) is 3.37. The molecule has 0 bridgehead atoms. The van der Waals surface area contributed by atoms with Gasteiger partial charge in [0.2, 0.25) is 0 Å². The Hall–Kier alpha value is -3.23. The maximum absolute atomic E-state index is 12.3. The second-order valence-corrected chi connectivity index (χ2v) is 5.98. The van der Waals surface area contributed by atoms with Crippen LogP contribution in [0.1, 0.15) is 23.2 Å². The fraction of sp³-hybridized carbons (Fsp3) is 0.222. The Balaban J connectivity index is 1.64. The SMILES string of the molecule is O=C(Nc1cccc(C(=O)Nc2cccc(OC(F)(F)F)c2)c1)NC1CC1. The number of anilines is 2. The van der Waals surface area contributed by atoms with Crippen LogP contribution in [0.25, 0.3) is 0 Å². The van der Waals surface area contributed by atoms with Crippen LogP contribution < -0.4 is 20.7 Å². The van der Waals surface area contributed by atoms with E-state index in [0.717, 1.165) is 25.0 Å². The molecule has 2 aromatic rings. The van der Waals surface area contributed by atoms with Crippen molar-refractivity contribution in [1.82, 2.24) is 5.32 Å². The summed E-state index contributed by atoms with van der Waals surface area (Å²) in [7, 11) is 0. The molecule has 0 aromatic heterocycles. The van der Waals surface area contributed by atoms with Gasteiger partial charge in [-0.3, -0.25) is 4.79 Å². The number of halogens is 3. The molecule has 27 heavy (non-hydrogen) atoms. The van der Waals surface area contributed by atoms with E-state index in [1.807, 2.05) is 0 Å². The third-order valence-corrected chi connectivity index (χ3v) is 3.62. The van der Waals surface area contributed by atoms with E-state index in [1.165, 1.54) is 24.3 Å². The number of carbonyl (C=O) groups is 2. The highest BCUT2D eigenvalue weighted by Gasteiger charge is 2.31. The first-order valence-electron chi connectivity index (χ1n) is 8.13. The van der Waals surface area contributed by atoms with Gasteiger partial charge in [-0.25, -0.2) is 4.79 Å². The van der Waals surface area contributed by atoms with Crippen molar-refractivity contribution < 1.29 is 27.5 Å². The molecule has 142 valence electrons. The molecule has 3 amide bonds. The van der Waals surface area contributed by atoms with Gasteiger partial charge in [0.1, 0.15) is 5.75 Å². The minimum absolute atomic E-state index is 0.145. The lowest BCUT2D eigenvalue weighted by Gasteiger charge is -2.11. The predicted octanol–water partition coefficient (Wildman–Crippen LogP) is 4.12. The quantitative estimate of drug-likeness (QED) is 0.731. The molecule has 0 saturated heterocycles. The second-order valence-electron chi connectivity index (χ2n) is 5.98. The highest BCUT2D eigenvalue weighted by Crippen LogP contribution is 2.25. The fourth-order valence-corrected chi connectivity index (χ4v) is 2.29. The lowest BCUT2D eigenvalue weighted by atomic mass is 10.2. The summed E-state index contributed by atoms with van der Waals surface area (Å²) in [5, 5.41) is 7.88. The van der Waals surface area contributed by atoms with Crippen molar-refractivity contribution in [2.75, 3.05) is 10.6 Å². The van der Waals surface area contributed by atoms with Gasteiger partial charge in [0, 0.05) is 29.0 Å². The monoisotopic (exact) mass is 379 g/mol. The molecule has 3 N–H and O–H groups in total. The number of nitrogens with one attached hydrogen (secondary N) is 3. The van der Waals surface area contributed by atoms with Crippen LogP contribution in [0.5, 0.6) is 5.75 Å². The summed E-state index contributed by atoms with van der Waals surface area (Å²) in [5.41, 5.74) is 0.808. The maximum atomic E-state index is 12.3. The highest BCUT2D eigenvalue weighted by molar-refractivity contribution is 6.05. The molecule has 9 heteroatoms. The molecular formula is C18H16F3N3O3. The molecule has 0 heterocycles. The summed E-state index contributed by atoms with van der Waals surface area (Å²) in [5.74, 6) is -0.974. The number of hydrogen-bond acceptors (Lipinski definition) is 3. The minimum atomic E-state index is -4.82. The van der Waals surface area contributed by atoms with E-state index in [4.69, 9.17) is 0 Å². The van der Waals surface area contributed by atoms with Crippen molar-refractivity contribution in [2.24, 2.45) is 0 Å². The van der Waals surface area contributed by atoms with Crippen molar-refractivity contribution in [2.45, 2.75) is 25.2 Å². The van der Waals surface area contributed by atoms with Crippen LogP contribution >= 0.6 is 0 Å². The van der Waals surface area contributed by atoms with Crippen LogP contribution in [0.3, 0.4) is 0 Å². The summed E-state index contributed by atoms with van der Waals surface area (Å²) in [6, 6.07) is 11.0. The Morgan fingerprint density at radius 1 is 0.963 bits per heavy atom. The normalized spacial score (nSPS) is 13.6. The second kappa shape index (κ2) is 7.56. The van der Waals surface area contributed by atoms with E-state index in [9.17, 15) is 22.8 Å². The Morgan fingerprint density at radius 2 is 1.63 bits per heavy atom. The number of carbonyl (C=O) groups excluding carboxylic acids is 2. The molecule has 3 rings (SSSR count). The van der Waals surface area contributed by atoms with Crippen molar-refractivity contribution in [3.8, 4) is 5.75 Å². The van der Waals surface area contributed by atoms with E-state index in [-0.39, 0.29) is 23.3 Å². The van der Waals surface area contributed by atoms with Gasteiger partial charge in [0.05, 0.1) is 0 Å². The molecule has 1 fully saturated rings. The predicted molar refractivity (Wildman–Crippen MR) is 92.7 cm³/mol. The minimum Gasteiger partial charge on any atom is -0.406 e. The number of hydrogen-bond donors (Lipinski definition) is 3. The summed E-state index contributed by atoms with van der Waals surface area (Å²) in [4.78, 5) is 24.1. The Bertz CT molecular complexity index is 851. The average molecular weight is 379 g/mol. The number of benzene rings is 2. The zero-order valence-electron chi connectivity index (χ0n) is 14.0. The molecule has 0 atom stereocenters. The van der Waals surface area contributed by atoms with Crippen molar-refractivity contribution >= 4 is 23.3 Å². The van der Waals surface area contributed by atoms with Gasteiger partial charge in [-0.15, -0.1) is 13.2 Å². The van der Waals surface area contributed by atoms with Gasteiger partial charge >= 0.3 is 12.4 Å². The van der Waals surface area contributed by atoms with Crippen LogP contribution in [-0.2, 0) is 0 Å². The molecule has 0 unspecified atom stereocenters. The van der Waals surface area contributed by atoms with E-state index in [1.54, 1.807) is 12.1 Å². The highest BCUT2D eigenvalue weighted by atomic mass is 19.4. The van der Waals surface area contributed by atoms with Gasteiger partial charge < -0.3 is 20.7 Å². The summed E-state index contributed by atoms with van der Waals surface area (Å²) < 4.78 is 40.7. The Morgan fingerprint density at radius 3 is 2.30 bits per heavy atom. The zero-order valence-corrected chi connectivity index (χ0v) is 14.0. The zero-order chi connectivity index (χ0) is 19.4. The van der Waals surface area contributed by atoms with Crippen LogP contribution in [-0.4, -0.2) is 24.3 Å². The van der Waals surface area contributed by atoms with Crippen molar-refractivity contribution in [1.29, 1.82) is 0 Å².